The molecule has 1 atom stereocenters. The third-order valence-corrected chi connectivity index (χ3v) is 3.68. The molecule has 0 heterocycles. The Morgan fingerprint density at radius 2 is 1.95 bits per heavy atom. The van der Waals surface area contributed by atoms with Crippen LogP contribution in [-0.2, 0) is 11.3 Å². The maximum absolute atomic E-state index is 12.0. The van der Waals surface area contributed by atoms with Crippen LogP contribution in [0.5, 0.6) is 5.75 Å². The summed E-state index contributed by atoms with van der Waals surface area (Å²) in [6, 6.07) is 11.5. The minimum atomic E-state index is -0.494. The number of carbonyl (C=O) groups is 1. The molecule has 0 fully saturated rings. The third kappa shape index (κ3) is 3.34. The Morgan fingerprint density at radius 3 is 2.62 bits per heavy atom. The zero-order chi connectivity index (χ0) is 15.4. The van der Waals surface area contributed by atoms with Crippen molar-refractivity contribution in [3.8, 4) is 5.75 Å². The van der Waals surface area contributed by atoms with Crippen LogP contribution in [-0.4, -0.2) is 19.1 Å². The number of carbonyl (C=O) groups excluding carboxylic acids is 1. The summed E-state index contributed by atoms with van der Waals surface area (Å²) in [6.07, 6.45) is 0. The molecule has 0 aliphatic rings. The number of fused-ring (bicyclic) bond motifs is 1. The van der Waals surface area contributed by atoms with E-state index < -0.39 is 6.04 Å². The summed E-state index contributed by atoms with van der Waals surface area (Å²) in [4.78, 5) is 12.0. The molecule has 0 spiro atoms. The van der Waals surface area contributed by atoms with Crippen LogP contribution in [0.2, 0.25) is 0 Å². The van der Waals surface area contributed by atoms with Gasteiger partial charge in [-0.1, -0.05) is 44.2 Å². The molecule has 2 rings (SSSR count). The Morgan fingerprint density at radius 1 is 1.24 bits per heavy atom. The van der Waals surface area contributed by atoms with Gasteiger partial charge in [0.15, 0.2) is 0 Å². The van der Waals surface area contributed by atoms with Gasteiger partial charge in [-0.15, -0.1) is 0 Å². The number of methoxy groups -OCH3 is 1. The summed E-state index contributed by atoms with van der Waals surface area (Å²) in [5, 5.41) is 5.10. The number of ether oxygens (including phenoxy) is 1. The molecule has 0 unspecified atom stereocenters. The summed E-state index contributed by atoms with van der Waals surface area (Å²) in [5.74, 6) is 0.742. The van der Waals surface area contributed by atoms with E-state index in [1.165, 1.54) is 0 Å². The van der Waals surface area contributed by atoms with Crippen molar-refractivity contribution >= 4 is 16.7 Å². The Balaban J connectivity index is 2.26. The van der Waals surface area contributed by atoms with Gasteiger partial charge in [0.2, 0.25) is 5.91 Å². The highest BCUT2D eigenvalue weighted by molar-refractivity contribution is 5.88. The average Bonchev–Trinajstić information content (AvgIpc) is 2.51. The molecule has 0 aliphatic heterocycles. The predicted molar refractivity (Wildman–Crippen MR) is 85.2 cm³/mol. The normalized spacial score (nSPS) is 12.4. The number of rotatable bonds is 5. The Hall–Kier alpha value is -2.07. The number of amides is 1. The monoisotopic (exact) mass is 286 g/mol. The second kappa shape index (κ2) is 6.59. The second-order valence-corrected chi connectivity index (χ2v) is 5.46. The summed E-state index contributed by atoms with van der Waals surface area (Å²) >= 11 is 0. The van der Waals surface area contributed by atoms with Crippen LogP contribution >= 0.6 is 0 Å². The lowest BCUT2D eigenvalue weighted by Crippen LogP contribution is -2.43. The van der Waals surface area contributed by atoms with Gasteiger partial charge in [0.1, 0.15) is 5.75 Å². The molecule has 0 saturated heterocycles. The van der Waals surface area contributed by atoms with Gasteiger partial charge in [0, 0.05) is 12.1 Å². The summed E-state index contributed by atoms with van der Waals surface area (Å²) in [5.41, 5.74) is 6.84. The molecule has 1 amide bonds. The number of benzene rings is 2. The molecule has 2 aromatic rings. The lowest BCUT2D eigenvalue weighted by molar-refractivity contribution is -0.123. The van der Waals surface area contributed by atoms with E-state index in [2.05, 4.69) is 5.32 Å². The van der Waals surface area contributed by atoms with E-state index in [1.54, 1.807) is 7.11 Å². The van der Waals surface area contributed by atoms with Crippen LogP contribution in [0.15, 0.2) is 36.4 Å². The molecule has 0 aliphatic carbocycles. The Bertz CT molecular complexity index is 638. The van der Waals surface area contributed by atoms with Crippen molar-refractivity contribution in [1.82, 2.24) is 5.32 Å². The quantitative estimate of drug-likeness (QED) is 0.887. The molecule has 2 aromatic carbocycles. The summed E-state index contributed by atoms with van der Waals surface area (Å²) in [7, 11) is 1.63. The predicted octanol–water partition coefficient (Wildman–Crippen LogP) is 2.45. The van der Waals surface area contributed by atoms with Gasteiger partial charge >= 0.3 is 0 Å². The molecule has 0 saturated carbocycles. The zero-order valence-corrected chi connectivity index (χ0v) is 12.7. The van der Waals surface area contributed by atoms with E-state index in [-0.39, 0.29) is 11.8 Å². The number of hydrogen-bond donors (Lipinski definition) is 2. The first-order chi connectivity index (χ1) is 10.0. The van der Waals surface area contributed by atoms with Crippen LogP contribution in [0.25, 0.3) is 10.8 Å². The highest BCUT2D eigenvalue weighted by Crippen LogP contribution is 2.27. The molecule has 4 nitrogen and oxygen atoms in total. The fourth-order valence-corrected chi connectivity index (χ4v) is 2.29. The minimum Gasteiger partial charge on any atom is -0.496 e. The largest absolute Gasteiger partial charge is 0.496 e. The van der Waals surface area contributed by atoms with Crippen LogP contribution in [0.4, 0.5) is 0 Å². The molecular formula is C17H22N2O2. The standard InChI is InChI=1S/C17H22N2O2/c1-11(2)16(18)17(20)19-10-14-13-7-5-4-6-12(13)8-9-15(14)21-3/h4-9,11,16H,10,18H2,1-3H3,(H,19,20)/t16-/m0/s1. The molecule has 112 valence electrons. The van der Waals surface area contributed by atoms with Crippen molar-refractivity contribution in [2.45, 2.75) is 26.4 Å². The summed E-state index contributed by atoms with van der Waals surface area (Å²) < 4.78 is 5.41. The van der Waals surface area contributed by atoms with Gasteiger partial charge < -0.3 is 15.8 Å². The highest BCUT2D eigenvalue weighted by Gasteiger charge is 2.17. The van der Waals surface area contributed by atoms with E-state index in [1.807, 2.05) is 50.2 Å². The fourth-order valence-electron chi connectivity index (χ4n) is 2.29. The summed E-state index contributed by atoms with van der Waals surface area (Å²) in [6.45, 7) is 4.27. The van der Waals surface area contributed by atoms with Crippen LogP contribution in [0.1, 0.15) is 19.4 Å². The van der Waals surface area contributed by atoms with E-state index >= 15 is 0 Å². The van der Waals surface area contributed by atoms with E-state index in [4.69, 9.17) is 10.5 Å². The topological polar surface area (TPSA) is 64.3 Å². The van der Waals surface area contributed by atoms with Gasteiger partial charge in [-0.25, -0.2) is 0 Å². The highest BCUT2D eigenvalue weighted by atomic mass is 16.5. The van der Waals surface area contributed by atoms with Crippen LogP contribution < -0.4 is 15.8 Å². The third-order valence-electron chi connectivity index (χ3n) is 3.68. The van der Waals surface area contributed by atoms with E-state index in [0.29, 0.717) is 6.54 Å². The van der Waals surface area contributed by atoms with E-state index in [0.717, 1.165) is 22.1 Å². The van der Waals surface area contributed by atoms with Gasteiger partial charge in [0.25, 0.3) is 0 Å². The van der Waals surface area contributed by atoms with Crippen molar-refractivity contribution < 1.29 is 9.53 Å². The first kappa shape index (κ1) is 15.3. The molecular weight excluding hydrogens is 264 g/mol. The van der Waals surface area contributed by atoms with Gasteiger partial charge in [-0.3, -0.25) is 4.79 Å². The fraction of sp³-hybridized carbons (Fsp3) is 0.353. The number of hydrogen-bond acceptors (Lipinski definition) is 3. The van der Waals surface area contributed by atoms with Crippen molar-refractivity contribution in [2.24, 2.45) is 11.7 Å². The van der Waals surface area contributed by atoms with Gasteiger partial charge in [-0.05, 0) is 22.8 Å². The SMILES string of the molecule is COc1ccc2ccccc2c1CNC(=O)[C@@H](N)C(C)C. The Labute approximate surface area is 125 Å². The molecule has 3 N–H and O–H groups in total. The lowest BCUT2D eigenvalue weighted by atomic mass is 10.0. The number of nitrogens with two attached hydrogens (primary N) is 1. The minimum absolute atomic E-state index is 0.111. The second-order valence-electron chi connectivity index (χ2n) is 5.46. The van der Waals surface area contributed by atoms with Crippen molar-refractivity contribution in [2.75, 3.05) is 7.11 Å². The van der Waals surface area contributed by atoms with E-state index in [9.17, 15) is 4.79 Å². The van der Waals surface area contributed by atoms with Crippen LogP contribution in [0.3, 0.4) is 0 Å². The average molecular weight is 286 g/mol. The molecule has 21 heavy (non-hydrogen) atoms. The Kier molecular flexibility index (Phi) is 4.81. The first-order valence-corrected chi connectivity index (χ1v) is 7.12. The zero-order valence-electron chi connectivity index (χ0n) is 12.7. The van der Waals surface area contributed by atoms with Crippen LogP contribution in [0, 0.1) is 5.92 Å². The van der Waals surface area contributed by atoms with Crippen molar-refractivity contribution in [3.63, 3.8) is 0 Å². The maximum Gasteiger partial charge on any atom is 0.237 e. The molecule has 0 aromatic heterocycles. The van der Waals surface area contributed by atoms with Gasteiger partial charge in [0.05, 0.1) is 13.2 Å². The van der Waals surface area contributed by atoms with Crippen molar-refractivity contribution in [3.05, 3.63) is 42.0 Å². The number of nitrogens with one attached hydrogen (secondary N) is 1. The lowest BCUT2D eigenvalue weighted by Gasteiger charge is -2.17. The smallest absolute Gasteiger partial charge is 0.237 e. The molecule has 0 bridgehead atoms. The van der Waals surface area contributed by atoms with Gasteiger partial charge in [-0.2, -0.15) is 0 Å². The first-order valence-electron chi connectivity index (χ1n) is 7.12. The maximum atomic E-state index is 12.0. The van der Waals surface area contributed by atoms with Crippen molar-refractivity contribution in [1.29, 1.82) is 0 Å². The molecule has 4 heteroatoms. The molecule has 0 radical (unpaired) electrons.